The van der Waals surface area contributed by atoms with Crippen LogP contribution in [0.4, 0.5) is 0 Å². The van der Waals surface area contributed by atoms with Crippen LogP contribution < -0.4 is 10.7 Å². The van der Waals surface area contributed by atoms with Gasteiger partial charge in [0, 0.05) is 25.0 Å². The van der Waals surface area contributed by atoms with Gasteiger partial charge in [0.05, 0.1) is 5.38 Å². The molecule has 1 unspecified atom stereocenters. The van der Waals surface area contributed by atoms with Gasteiger partial charge in [0.2, 0.25) is 0 Å². The summed E-state index contributed by atoms with van der Waals surface area (Å²) in [7, 11) is 0. The monoisotopic (exact) mass is 256 g/mol. The van der Waals surface area contributed by atoms with E-state index in [-0.39, 0.29) is 22.3 Å². The van der Waals surface area contributed by atoms with E-state index in [1.165, 1.54) is 18.5 Å². The molecule has 5 heteroatoms. The molecule has 0 aliphatic carbocycles. The third kappa shape index (κ3) is 4.61. The van der Waals surface area contributed by atoms with Crippen molar-refractivity contribution < 1.29 is 4.79 Å². The SMILES string of the molecule is CC(C)CC(Cl)CNC(=O)c1c[nH]ccc1=O. The maximum atomic E-state index is 11.7. The number of H-pyrrole nitrogens is 1. The summed E-state index contributed by atoms with van der Waals surface area (Å²) in [5.41, 5.74) is -0.183. The Balaban J connectivity index is 2.51. The average molecular weight is 257 g/mol. The van der Waals surface area contributed by atoms with Crippen molar-refractivity contribution in [1.82, 2.24) is 10.3 Å². The molecule has 0 saturated heterocycles. The lowest BCUT2D eigenvalue weighted by Crippen LogP contribution is -2.33. The first-order valence-electron chi connectivity index (χ1n) is 5.60. The molecule has 0 aliphatic rings. The summed E-state index contributed by atoms with van der Waals surface area (Å²) < 4.78 is 0. The van der Waals surface area contributed by atoms with Crippen LogP contribution in [0.15, 0.2) is 23.3 Å². The van der Waals surface area contributed by atoms with Gasteiger partial charge in [0.15, 0.2) is 5.43 Å². The minimum atomic E-state index is -0.388. The van der Waals surface area contributed by atoms with Crippen LogP contribution in [0, 0.1) is 5.92 Å². The largest absolute Gasteiger partial charge is 0.367 e. The second-order valence-electron chi connectivity index (χ2n) is 4.36. The number of alkyl halides is 1. The molecule has 0 saturated carbocycles. The van der Waals surface area contributed by atoms with E-state index in [1.807, 2.05) is 0 Å². The lowest BCUT2D eigenvalue weighted by Gasteiger charge is -2.12. The van der Waals surface area contributed by atoms with E-state index in [4.69, 9.17) is 11.6 Å². The van der Waals surface area contributed by atoms with Gasteiger partial charge in [0.25, 0.3) is 5.91 Å². The molecule has 1 atom stereocenters. The fourth-order valence-corrected chi connectivity index (χ4v) is 1.92. The first-order valence-corrected chi connectivity index (χ1v) is 6.03. The lowest BCUT2D eigenvalue weighted by molar-refractivity contribution is 0.0951. The Hall–Kier alpha value is -1.29. The smallest absolute Gasteiger partial charge is 0.256 e. The maximum absolute atomic E-state index is 11.7. The predicted octanol–water partition coefficient (Wildman–Crippen LogP) is 1.76. The Kier molecular flexibility index (Phi) is 5.22. The summed E-state index contributed by atoms with van der Waals surface area (Å²) in [6.07, 6.45) is 3.71. The maximum Gasteiger partial charge on any atom is 0.256 e. The highest BCUT2D eigenvalue weighted by atomic mass is 35.5. The quantitative estimate of drug-likeness (QED) is 0.789. The van der Waals surface area contributed by atoms with Crippen molar-refractivity contribution in [3.8, 4) is 0 Å². The van der Waals surface area contributed by atoms with Gasteiger partial charge in [-0.1, -0.05) is 13.8 Å². The third-order valence-corrected chi connectivity index (χ3v) is 2.61. The lowest BCUT2D eigenvalue weighted by atomic mass is 10.1. The highest BCUT2D eigenvalue weighted by Gasteiger charge is 2.12. The van der Waals surface area contributed by atoms with E-state index < -0.39 is 0 Å². The standard InChI is InChI=1S/C12H17ClN2O2/c1-8(2)5-9(13)6-15-12(17)10-7-14-4-3-11(10)16/h3-4,7-9H,5-6H2,1-2H3,(H,14,16)(H,15,17). The van der Waals surface area contributed by atoms with Crippen LogP contribution in [-0.4, -0.2) is 22.8 Å². The molecule has 1 amide bonds. The van der Waals surface area contributed by atoms with Crippen LogP contribution in [0.1, 0.15) is 30.6 Å². The predicted molar refractivity (Wildman–Crippen MR) is 68.5 cm³/mol. The Morgan fingerprint density at radius 1 is 1.53 bits per heavy atom. The Morgan fingerprint density at radius 3 is 2.82 bits per heavy atom. The molecule has 2 N–H and O–H groups in total. The van der Waals surface area contributed by atoms with Gasteiger partial charge >= 0.3 is 0 Å². The molecule has 0 fully saturated rings. The molecular formula is C12H17ClN2O2. The number of amides is 1. The molecule has 1 heterocycles. The summed E-state index contributed by atoms with van der Waals surface area (Å²) in [6, 6.07) is 1.32. The fraction of sp³-hybridized carbons (Fsp3) is 0.500. The number of carbonyl (C=O) groups excluding carboxylic acids is 1. The van der Waals surface area contributed by atoms with Crippen molar-refractivity contribution >= 4 is 17.5 Å². The number of aromatic nitrogens is 1. The van der Waals surface area contributed by atoms with Crippen molar-refractivity contribution in [2.45, 2.75) is 25.6 Å². The summed E-state index contributed by atoms with van der Waals surface area (Å²) >= 11 is 6.05. The molecule has 17 heavy (non-hydrogen) atoms. The van der Waals surface area contributed by atoms with Gasteiger partial charge in [-0.3, -0.25) is 9.59 Å². The Bertz CT molecular complexity index is 429. The molecule has 0 aliphatic heterocycles. The topological polar surface area (TPSA) is 62.0 Å². The molecule has 1 aromatic heterocycles. The molecule has 1 aromatic rings. The molecule has 0 radical (unpaired) electrons. The first kappa shape index (κ1) is 13.8. The highest BCUT2D eigenvalue weighted by Crippen LogP contribution is 2.09. The fourth-order valence-electron chi connectivity index (χ4n) is 1.49. The number of carbonyl (C=O) groups is 1. The average Bonchev–Trinajstić information content (AvgIpc) is 2.25. The highest BCUT2D eigenvalue weighted by molar-refractivity contribution is 6.20. The molecule has 0 aromatic carbocycles. The van der Waals surface area contributed by atoms with Crippen LogP contribution in [0.2, 0.25) is 0 Å². The second-order valence-corrected chi connectivity index (χ2v) is 4.98. The van der Waals surface area contributed by atoms with Crippen LogP contribution in [-0.2, 0) is 0 Å². The van der Waals surface area contributed by atoms with Crippen molar-refractivity contribution in [2.24, 2.45) is 5.92 Å². The number of aromatic amines is 1. The molecular weight excluding hydrogens is 240 g/mol. The Labute approximate surface area is 105 Å². The van der Waals surface area contributed by atoms with Gasteiger partial charge in [-0.2, -0.15) is 0 Å². The van der Waals surface area contributed by atoms with Gasteiger partial charge in [-0.05, 0) is 12.3 Å². The summed E-state index contributed by atoms with van der Waals surface area (Å²) in [6.45, 7) is 4.51. The Morgan fingerprint density at radius 2 is 2.24 bits per heavy atom. The summed E-state index contributed by atoms with van der Waals surface area (Å²) in [5, 5.41) is 2.54. The number of rotatable bonds is 5. The van der Waals surface area contributed by atoms with Crippen molar-refractivity contribution in [3.63, 3.8) is 0 Å². The zero-order valence-electron chi connectivity index (χ0n) is 10.00. The van der Waals surface area contributed by atoms with Gasteiger partial charge in [-0.15, -0.1) is 11.6 Å². The van der Waals surface area contributed by atoms with Crippen molar-refractivity contribution in [2.75, 3.05) is 6.54 Å². The third-order valence-electron chi connectivity index (χ3n) is 2.28. The molecule has 0 bridgehead atoms. The number of hydrogen-bond acceptors (Lipinski definition) is 2. The van der Waals surface area contributed by atoms with E-state index in [0.29, 0.717) is 12.5 Å². The van der Waals surface area contributed by atoms with Crippen LogP contribution in [0.5, 0.6) is 0 Å². The van der Waals surface area contributed by atoms with Crippen molar-refractivity contribution in [3.05, 3.63) is 34.2 Å². The second kappa shape index (κ2) is 6.45. The number of hydrogen-bond donors (Lipinski definition) is 2. The molecule has 1 rings (SSSR count). The summed E-state index contributed by atoms with van der Waals surface area (Å²) in [4.78, 5) is 25.7. The van der Waals surface area contributed by atoms with Crippen LogP contribution >= 0.6 is 11.6 Å². The minimum absolute atomic E-state index is 0.109. The van der Waals surface area contributed by atoms with Crippen LogP contribution in [0.25, 0.3) is 0 Å². The van der Waals surface area contributed by atoms with E-state index in [0.717, 1.165) is 6.42 Å². The van der Waals surface area contributed by atoms with E-state index in [2.05, 4.69) is 24.1 Å². The number of pyridine rings is 1. The van der Waals surface area contributed by atoms with Gasteiger partial charge in [-0.25, -0.2) is 0 Å². The van der Waals surface area contributed by atoms with Crippen molar-refractivity contribution in [1.29, 1.82) is 0 Å². The van der Waals surface area contributed by atoms with E-state index in [1.54, 1.807) is 0 Å². The van der Waals surface area contributed by atoms with Gasteiger partial charge in [0.1, 0.15) is 5.56 Å². The normalized spacial score (nSPS) is 12.5. The molecule has 94 valence electrons. The molecule has 0 spiro atoms. The summed E-state index contributed by atoms with van der Waals surface area (Å²) in [5.74, 6) is 0.0933. The zero-order chi connectivity index (χ0) is 12.8. The van der Waals surface area contributed by atoms with Crippen LogP contribution in [0.3, 0.4) is 0 Å². The number of nitrogens with one attached hydrogen (secondary N) is 2. The first-order chi connectivity index (χ1) is 8.00. The minimum Gasteiger partial charge on any atom is -0.367 e. The zero-order valence-corrected chi connectivity index (χ0v) is 10.8. The number of halogens is 1. The van der Waals surface area contributed by atoms with E-state index in [9.17, 15) is 9.59 Å². The van der Waals surface area contributed by atoms with E-state index >= 15 is 0 Å². The molecule has 4 nitrogen and oxygen atoms in total. The van der Waals surface area contributed by atoms with Gasteiger partial charge < -0.3 is 10.3 Å².